The highest BCUT2D eigenvalue weighted by atomic mass is 79.9. The van der Waals surface area contributed by atoms with E-state index < -0.39 is 5.82 Å². The molecule has 0 heterocycles. The summed E-state index contributed by atoms with van der Waals surface area (Å²) in [5, 5.41) is 5.80. The van der Waals surface area contributed by atoms with E-state index in [1.165, 1.54) is 12.1 Å². The Balaban J connectivity index is 2.22. The number of anilines is 1. The lowest BCUT2D eigenvalue weighted by Gasteiger charge is -2.11. The fourth-order valence-corrected chi connectivity index (χ4v) is 2.35. The minimum absolute atomic E-state index is 0.243. The van der Waals surface area contributed by atoms with Gasteiger partial charge in [-0.3, -0.25) is 4.79 Å². The zero-order valence-electron chi connectivity index (χ0n) is 11.6. The SMILES string of the molecule is CNCCc1ccccc1C(=O)Nc1cc(F)ccc1Br. The summed E-state index contributed by atoms with van der Waals surface area (Å²) in [6, 6.07) is 11.6. The third kappa shape index (κ3) is 4.12. The number of hydrogen-bond donors (Lipinski definition) is 2. The van der Waals surface area contributed by atoms with Crippen LogP contribution < -0.4 is 10.6 Å². The average molecular weight is 351 g/mol. The van der Waals surface area contributed by atoms with Crippen molar-refractivity contribution in [3.05, 3.63) is 63.9 Å². The van der Waals surface area contributed by atoms with Gasteiger partial charge in [0, 0.05) is 10.0 Å². The van der Waals surface area contributed by atoms with Gasteiger partial charge in [-0.05, 0) is 65.8 Å². The maximum Gasteiger partial charge on any atom is 0.255 e. The third-order valence-corrected chi connectivity index (χ3v) is 3.77. The summed E-state index contributed by atoms with van der Waals surface area (Å²) >= 11 is 3.30. The predicted molar refractivity (Wildman–Crippen MR) is 86.1 cm³/mol. The lowest BCUT2D eigenvalue weighted by atomic mass is 10.0. The molecule has 0 fully saturated rings. The second-order valence-corrected chi connectivity index (χ2v) is 5.44. The molecule has 2 aromatic rings. The number of nitrogens with one attached hydrogen (secondary N) is 2. The normalized spacial score (nSPS) is 10.4. The Morgan fingerprint density at radius 2 is 2.00 bits per heavy atom. The number of hydrogen-bond acceptors (Lipinski definition) is 2. The molecule has 0 atom stereocenters. The third-order valence-electron chi connectivity index (χ3n) is 3.08. The van der Waals surface area contributed by atoms with E-state index in [9.17, 15) is 9.18 Å². The van der Waals surface area contributed by atoms with E-state index in [2.05, 4.69) is 26.6 Å². The molecule has 2 aromatic carbocycles. The Hall–Kier alpha value is -1.72. The van der Waals surface area contributed by atoms with Crippen molar-refractivity contribution in [1.29, 1.82) is 0 Å². The Morgan fingerprint density at radius 3 is 2.76 bits per heavy atom. The quantitative estimate of drug-likeness (QED) is 0.864. The monoisotopic (exact) mass is 350 g/mol. The molecule has 0 aliphatic heterocycles. The topological polar surface area (TPSA) is 41.1 Å². The number of halogens is 2. The van der Waals surface area contributed by atoms with Gasteiger partial charge in [-0.25, -0.2) is 4.39 Å². The van der Waals surface area contributed by atoms with Gasteiger partial charge in [-0.15, -0.1) is 0 Å². The van der Waals surface area contributed by atoms with Gasteiger partial charge in [0.05, 0.1) is 5.69 Å². The van der Waals surface area contributed by atoms with E-state index in [1.54, 1.807) is 12.1 Å². The van der Waals surface area contributed by atoms with Crippen LogP contribution in [-0.2, 0) is 6.42 Å². The molecule has 0 saturated heterocycles. The molecule has 5 heteroatoms. The van der Waals surface area contributed by atoms with Crippen LogP contribution in [0.4, 0.5) is 10.1 Å². The van der Waals surface area contributed by atoms with Crippen molar-refractivity contribution in [2.24, 2.45) is 0 Å². The van der Waals surface area contributed by atoms with Crippen LogP contribution in [-0.4, -0.2) is 19.5 Å². The molecule has 0 saturated carbocycles. The summed E-state index contributed by atoms with van der Waals surface area (Å²) in [4.78, 5) is 12.4. The van der Waals surface area contributed by atoms with Gasteiger partial charge in [0.2, 0.25) is 0 Å². The Bertz CT molecular complexity index is 646. The summed E-state index contributed by atoms with van der Waals surface area (Å²) in [5.41, 5.74) is 1.98. The molecule has 0 spiro atoms. The van der Waals surface area contributed by atoms with Gasteiger partial charge in [0.25, 0.3) is 5.91 Å². The summed E-state index contributed by atoms with van der Waals surface area (Å²) in [7, 11) is 1.87. The fourth-order valence-electron chi connectivity index (χ4n) is 2.00. The predicted octanol–water partition coefficient (Wildman–Crippen LogP) is 3.60. The van der Waals surface area contributed by atoms with E-state index in [1.807, 2.05) is 25.2 Å². The molecule has 21 heavy (non-hydrogen) atoms. The molecule has 0 aliphatic rings. The number of amides is 1. The van der Waals surface area contributed by atoms with Gasteiger partial charge in [-0.1, -0.05) is 18.2 Å². The number of carbonyl (C=O) groups is 1. The first kappa shape index (κ1) is 15.7. The van der Waals surface area contributed by atoms with Crippen molar-refractivity contribution in [1.82, 2.24) is 5.32 Å². The largest absolute Gasteiger partial charge is 0.321 e. The molecule has 110 valence electrons. The second kappa shape index (κ2) is 7.33. The average Bonchev–Trinajstić information content (AvgIpc) is 2.49. The summed E-state index contributed by atoms with van der Waals surface area (Å²) in [6.45, 7) is 0.786. The van der Waals surface area contributed by atoms with Gasteiger partial charge < -0.3 is 10.6 Å². The molecule has 0 aromatic heterocycles. The first-order valence-corrected chi connectivity index (χ1v) is 7.40. The Labute approximate surface area is 131 Å². The molecular weight excluding hydrogens is 335 g/mol. The molecular formula is C16H16BrFN2O. The van der Waals surface area contributed by atoms with Gasteiger partial charge >= 0.3 is 0 Å². The van der Waals surface area contributed by atoms with Gasteiger partial charge in [0.1, 0.15) is 5.82 Å². The minimum atomic E-state index is -0.392. The zero-order chi connectivity index (χ0) is 15.2. The zero-order valence-corrected chi connectivity index (χ0v) is 13.2. The highest BCUT2D eigenvalue weighted by Gasteiger charge is 2.12. The van der Waals surface area contributed by atoms with Crippen LogP contribution in [0.2, 0.25) is 0 Å². The number of benzene rings is 2. The minimum Gasteiger partial charge on any atom is -0.321 e. The molecule has 0 unspecified atom stereocenters. The maximum absolute atomic E-state index is 13.3. The number of rotatable bonds is 5. The summed E-state index contributed by atoms with van der Waals surface area (Å²) in [6.07, 6.45) is 0.754. The molecule has 3 nitrogen and oxygen atoms in total. The standard InChI is InChI=1S/C16H16BrFN2O/c1-19-9-8-11-4-2-3-5-13(11)16(21)20-15-10-12(18)6-7-14(15)17/h2-7,10,19H,8-9H2,1H3,(H,20,21). The van der Waals surface area contributed by atoms with Crippen molar-refractivity contribution in [3.8, 4) is 0 Å². The first-order chi connectivity index (χ1) is 10.1. The fraction of sp³-hybridized carbons (Fsp3) is 0.188. The van der Waals surface area contributed by atoms with Crippen LogP contribution in [0.5, 0.6) is 0 Å². The van der Waals surface area contributed by atoms with Crippen molar-refractivity contribution in [2.75, 3.05) is 18.9 Å². The smallest absolute Gasteiger partial charge is 0.255 e. The molecule has 2 rings (SSSR count). The highest BCUT2D eigenvalue weighted by Crippen LogP contribution is 2.24. The van der Waals surface area contributed by atoms with E-state index in [0.717, 1.165) is 18.5 Å². The van der Waals surface area contributed by atoms with E-state index in [0.29, 0.717) is 15.7 Å². The van der Waals surface area contributed by atoms with E-state index in [-0.39, 0.29) is 5.91 Å². The first-order valence-electron chi connectivity index (χ1n) is 6.60. The van der Waals surface area contributed by atoms with Crippen LogP contribution in [0, 0.1) is 5.82 Å². The van der Waals surface area contributed by atoms with Gasteiger partial charge in [0.15, 0.2) is 0 Å². The second-order valence-electron chi connectivity index (χ2n) is 4.59. The summed E-state index contributed by atoms with van der Waals surface area (Å²) < 4.78 is 13.9. The highest BCUT2D eigenvalue weighted by molar-refractivity contribution is 9.10. The van der Waals surface area contributed by atoms with Crippen molar-refractivity contribution < 1.29 is 9.18 Å². The molecule has 1 amide bonds. The number of likely N-dealkylation sites (N-methyl/N-ethyl adjacent to an activating group) is 1. The van der Waals surface area contributed by atoms with Crippen molar-refractivity contribution in [3.63, 3.8) is 0 Å². The van der Waals surface area contributed by atoms with Crippen molar-refractivity contribution in [2.45, 2.75) is 6.42 Å². The maximum atomic E-state index is 13.3. The molecule has 2 N–H and O–H groups in total. The van der Waals surface area contributed by atoms with Crippen LogP contribution in [0.3, 0.4) is 0 Å². The van der Waals surface area contributed by atoms with Crippen LogP contribution in [0.1, 0.15) is 15.9 Å². The van der Waals surface area contributed by atoms with E-state index >= 15 is 0 Å². The lowest BCUT2D eigenvalue weighted by molar-refractivity contribution is 0.102. The Morgan fingerprint density at radius 1 is 1.24 bits per heavy atom. The van der Waals surface area contributed by atoms with Crippen LogP contribution in [0.15, 0.2) is 46.9 Å². The van der Waals surface area contributed by atoms with Gasteiger partial charge in [-0.2, -0.15) is 0 Å². The Kier molecular flexibility index (Phi) is 5.47. The molecule has 0 radical (unpaired) electrons. The van der Waals surface area contributed by atoms with Crippen LogP contribution in [0.25, 0.3) is 0 Å². The van der Waals surface area contributed by atoms with Crippen molar-refractivity contribution >= 4 is 27.5 Å². The molecule has 0 bridgehead atoms. The van der Waals surface area contributed by atoms with E-state index in [4.69, 9.17) is 0 Å². The summed E-state index contributed by atoms with van der Waals surface area (Å²) in [5.74, 6) is -0.634. The number of carbonyl (C=O) groups excluding carboxylic acids is 1. The lowest BCUT2D eigenvalue weighted by Crippen LogP contribution is -2.17. The van der Waals surface area contributed by atoms with Crippen LogP contribution >= 0.6 is 15.9 Å². The molecule has 0 aliphatic carbocycles.